The molecule has 0 aromatic carbocycles. The molecule has 10 nitrogen and oxygen atoms in total. The largest absolute Gasteiger partial charge is 0.371 e. The number of anilines is 2. The van der Waals surface area contributed by atoms with Crippen LogP contribution in [0, 0.1) is 0 Å². The van der Waals surface area contributed by atoms with Crippen LogP contribution in [0.1, 0.15) is 12.8 Å². The first-order valence-electron chi connectivity index (χ1n) is 10.5. The monoisotopic (exact) mass is 480 g/mol. The Morgan fingerprint density at radius 1 is 1.21 bits per heavy atom. The molecule has 1 aliphatic heterocycles. The predicted octanol–water partition coefficient (Wildman–Crippen LogP) is 2.77. The molecule has 4 aromatic rings. The van der Waals surface area contributed by atoms with Gasteiger partial charge in [0.25, 0.3) is 12.3 Å². The van der Waals surface area contributed by atoms with Crippen molar-refractivity contribution in [3.05, 3.63) is 24.4 Å². The van der Waals surface area contributed by atoms with Gasteiger partial charge in [0.2, 0.25) is 5.95 Å². The van der Waals surface area contributed by atoms with E-state index < -0.39 is 18.9 Å². The van der Waals surface area contributed by atoms with Crippen LogP contribution in [0.2, 0.25) is 0 Å². The van der Waals surface area contributed by atoms with Crippen LogP contribution >= 0.6 is 0 Å². The van der Waals surface area contributed by atoms with Crippen LogP contribution < -0.4 is 11.1 Å². The highest BCUT2D eigenvalue weighted by Crippen LogP contribution is 2.29. The zero-order valence-electron chi connectivity index (χ0n) is 18.6. The van der Waals surface area contributed by atoms with Crippen molar-refractivity contribution in [2.75, 3.05) is 38.2 Å². The van der Waals surface area contributed by atoms with Gasteiger partial charge in [0, 0.05) is 25.2 Å². The number of rotatable bonds is 4. The van der Waals surface area contributed by atoms with Crippen LogP contribution in [0.4, 0.5) is 29.3 Å². The van der Waals surface area contributed by atoms with E-state index in [1.807, 2.05) is 0 Å². The molecule has 0 amide bonds. The molecule has 0 bridgehead atoms. The maximum Gasteiger partial charge on any atom is 0.260 e. The van der Waals surface area contributed by atoms with Crippen molar-refractivity contribution in [1.29, 1.82) is 0 Å². The lowest BCUT2D eigenvalue weighted by molar-refractivity contribution is -0.0571. The minimum Gasteiger partial charge on any atom is -0.371 e. The number of likely N-dealkylation sites (tertiary alicyclic amines) is 1. The summed E-state index contributed by atoms with van der Waals surface area (Å²) in [4.78, 5) is 10.3. The Balaban J connectivity index is 0.000000257. The van der Waals surface area contributed by atoms with E-state index in [9.17, 15) is 17.6 Å². The van der Waals surface area contributed by atoms with Crippen LogP contribution in [-0.2, 0) is 6.54 Å². The van der Waals surface area contributed by atoms with Gasteiger partial charge in [-0.2, -0.15) is 4.98 Å². The fourth-order valence-corrected chi connectivity index (χ4v) is 3.84. The first-order chi connectivity index (χ1) is 16.2. The first kappa shape index (κ1) is 23.6. The molecular weight excluding hydrogens is 456 g/mol. The zero-order valence-corrected chi connectivity index (χ0v) is 18.6. The Hall–Kier alpha value is -3.55. The second-order valence-electron chi connectivity index (χ2n) is 7.99. The SMILES string of the molecule is CN1CCCC(F)(F)C1.CNc1nc(N)nn2ccc(-c3ccc4nnn(CC(F)F)c4n3)c12. The van der Waals surface area contributed by atoms with Crippen molar-refractivity contribution in [1.82, 2.24) is 39.5 Å². The molecule has 0 aliphatic carbocycles. The summed E-state index contributed by atoms with van der Waals surface area (Å²) in [6.45, 7) is 0.188. The number of hydrogen-bond donors (Lipinski definition) is 2. The molecule has 0 saturated carbocycles. The second kappa shape index (κ2) is 9.37. The maximum atomic E-state index is 12.7. The van der Waals surface area contributed by atoms with Crippen molar-refractivity contribution >= 4 is 28.4 Å². The Labute approximate surface area is 191 Å². The van der Waals surface area contributed by atoms with Gasteiger partial charge in [-0.3, -0.25) is 0 Å². The van der Waals surface area contributed by atoms with Crippen LogP contribution in [0.15, 0.2) is 24.4 Å². The van der Waals surface area contributed by atoms with Gasteiger partial charge in [-0.05, 0) is 38.2 Å². The van der Waals surface area contributed by atoms with E-state index >= 15 is 0 Å². The Morgan fingerprint density at radius 2 is 2.00 bits per heavy atom. The minimum absolute atomic E-state index is 0.0625. The fourth-order valence-electron chi connectivity index (χ4n) is 3.84. The van der Waals surface area contributed by atoms with Crippen molar-refractivity contribution in [3.63, 3.8) is 0 Å². The van der Waals surface area contributed by atoms with Crippen LogP contribution in [0.25, 0.3) is 27.9 Å². The van der Waals surface area contributed by atoms with Crippen LogP contribution in [0.5, 0.6) is 0 Å². The number of fused-ring (bicyclic) bond motifs is 2. The molecular formula is C20H24F4N10. The van der Waals surface area contributed by atoms with Crippen molar-refractivity contribution in [3.8, 4) is 11.3 Å². The fraction of sp³-hybridized carbons (Fsp3) is 0.450. The Kier molecular flexibility index (Phi) is 6.50. The molecule has 0 spiro atoms. The van der Waals surface area contributed by atoms with E-state index in [4.69, 9.17) is 5.73 Å². The molecule has 34 heavy (non-hydrogen) atoms. The quantitative estimate of drug-likeness (QED) is 0.429. The number of halogens is 4. The van der Waals surface area contributed by atoms with Crippen molar-refractivity contribution in [2.45, 2.75) is 31.7 Å². The topological polar surface area (TPSA) is 115 Å². The zero-order chi connectivity index (χ0) is 24.5. The number of pyridine rings is 1. The summed E-state index contributed by atoms with van der Waals surface area (Å²) in [5.41, 5.74) is 8.40. The van der Waals surface area contributed by atoms with Gasteiger partial charge in [0.15, 0.2) is 11.5 Å². The number of nitrogens with two attached hydrogens (primary N) is 1. The van der Waals surface area contributed by atoms with E-state index in [1.165, 1.54) is 0 Å². The lowest BCUT2D eigenvalue weighted by Gasteiger charge is -2.28. The van der Waals surface area contributed by atoms with Crippen LogP contribution in [0.3, 0.4) is 0 Å². The lowest BCUT2D eigenvalue weighted by Crippen LogP contribution is -2.39. The summed E-state index contributed by atoms with van der Waals surface area (Å²) in [5.74, 6) is -1.76. The number of alkyl halides is 4. The number of nitrogens with one attached hydrogen (secondary N) is 1. The molecule has 1 saturated heterocycles. The summed E-state index contributed by atoms with van der Waals surface area (Å²) in [6.07, 6.45) is -0.122. The lowest BCUT2D eigenvalue weighted by atomic mass is 10.1. The molecule has 0 unspecified atom stereocenters. The number of aromatic nitrogens is 7. The molecule has 5 heterocycles. The van der Waals surface area contributed by atoms with Crippen molar-refractivity contribution in [2.24, 2.45) is 0 Å². The molecule has 14 heteroatoms. The third-order valence-electron chi connectivity index (χ3n) is 5.29. The third kappa shape index (κ3) is 5.00. The van der Waals surface area contributed by atoms with E-state index in [1.54, 1.807) is 47.9 Å². The molecule has 182 valence electrons. The van der Waals surface area contributed by atoms with Crippen LogP contribution in [-0.4, -0.2) is 79.0 Å². The Morgan fingerprint density at radius 3 is 2.65 bits per heavy atom. The maximum absolute atomic E-state index is 12.7. The van der Waals surface area contributed by atoms with E-state index in [0.717, 1.165) is 16.8 Å². The van der Waals surface area contributed by atoms with Gasteiger partial charge in [-0.15, -0.1) is 10.2 Å². The normalized spacial score (nSPS) is 16.1. The van der Waals surface area contributed by atoms with Gasteiger partial charge in [-0.25, -0.2) is 31.7 Å². The average Bonchev–Trinajstić information content (AvgIpc) is 3.36. The predicted molar refractivity (Wildman–Crippen MR) is 119 cm³/mol. The van der Waals surface area contributed by atoms with Gasteiger partial charge in [0.1, 0.15) is 17.6 Å². The summed E-state index contributed by atoms with van der Waals surface area (Å²) in [7, 11) is 3.45. The molecule has 1 fully saturated rings. The smallest absolute Gasteiger partial charge is 0.260 e. The number of piperidine rings is 1. The van der Waals surface area contributed by atoms with Gasteiger partial charge in [-0.1, -0.05) is 5.21 Å². The number of nitrogen functional groups attached to an aromatic ring is 1. The first-order valence-corrected chi connectivity index (χ1v) is 10.5. The van der Waals surface area contributed by atoms with E-state index in [2.05, 4.69) is 30.7 Å². The van der Waals surface area contributed by atoms with Crippen molar-refractivity contribution < 1.29 is 17.6 Å². The molecule has 0 atom stereocenters. The molecule has 5 rings (SSSR count). The van der Waals surface area contributed by atoms with Gasteiger partial charge in [0.05, 0.1) is 12.2 Å². The van der Waals surface area contributed by atoms with Gasteiger partial charge >= 0.3 is 0 Å². The molecule has 3 N–H and O–H groups in total. The minimum atomic E-state index is -2.54. The number of nitrogens with zero attached hydrogens (tertiary/aromatic N) is 8. The molecule has 1 aliphatic rings. The van der Waals surface area contributed by atoms with E-state index in [0.29, 0.717) is 34.6 Å². The highest BCUT2D eigenvalue weighted by molar-refractivity contribution is 5.89. The summed E-state index contributed by atoms with van der Waals surface area (Å²) >= 11 is 0. The highest BCUT2D eigenvalue weighted by atomic mass is 19.3. The van der Waals surface area contributed by atoms with Gasteiger partial charge < -0.3 is 16.0 Å². The Bertz CT molecular complexity index is 1290. The standard InChI is InChI=1S/C14H13F2N9.C6H11F2N/c1-18-12-11-7(4-5-24(11)22-14(17)20-12)8-2-3-9-13(19-8)25(23-21-9)6-10(15)16;1-9-4-2-3-6(7,8)5-9/h2-5,10H,6H2,1H3,(H3,17,18,20,22);2-5H2,1H3. The molecule has 4 aromatic heterocycles. The summed E-state index contributed by atoms with van der Waals surface area (Å²) in [5, 5.41) is 14.7. The molecule has 0 radical (unpaired) electrons. The third-order valence-corrected chi connectivity index (χ3v) is 5.29. The van der Waals surface area contributed by atoms with E-state index in [-0.39, 0.29) is 18.9 Å². The summed E-state index contributed by atoms with van der Waals surface area (Å²) in [6, 6.07) is 5.24. The second-order valence-corrected chi connectivity index (χ2v) is 7.99. The highest BCUT2D eigenvalue weighted by Gasteiger charge is 2.33. The number of hydrogen-bond acceptors (Lipinski definition) is 8. The average molecular weight is 480 g/mol. The summed E-state index contributed by atoms with van der Waals surface area (Å²) < 4.78 is 52.9.